The standard InChI is InChI=1S/C16H15F2N3O3/c1-9(22)19-11-8-12(23)10-2-3-13(20-14(10)15(11)24)21-6-4-16(17,18)5-7-21/h2-3,8H,4-7H2,1H3,(H,19,22). The smallest absolute Gasteiger partial charge is 0.251 e. The fraction of sp³-hybridized carbons (Fsp3) is 0.375. The second-order valence-corrected chi connectivity index (χ2v) is 5.84. The summed E-state index contributed by atoms with van der Waals surface area (Å²) >= 11 is 0. The first-order valence-electron chi connectivity index (χ1n) is 7.49. The molecular formula is C16H15F2N3O3. The molecule has 0 saturated carbocycles. The fourth-order valence-corrected chi connectivity index (χ4v) is 2.74. The van der Waals surface area contributed by atoms with Gasteiger partial charge in [0, 0.05) is 38.9 Å². The molecule has 2 aliphatic rings. The molecule has 1 amide bonds. The Bertz CT molecular complexity index is 764. The lowest BCUT2D eigenvalue weighted by Crippen LogP contribution is -2.40. The van der Waals surface area contributed by atoms with Gasteiger partial charge >= 0.3 is 0 Å². The minimum atomic E-state index is -2.68. The Morgan fingerprint density at radius 3 is 2.54 bits per heavy atom. The van der Waals surface area contributed by atoms with Crippen LogP contribution in [0.15, 0.2) is 23.9 Å². The number of fused-ring (bicyclic) bond motifs is 1. The first kappa shape index (κ1) is 16.2. The predicted molar refractivity (Wildman–Crippen MR) is 81.2 cm³/mol. The molecule has 0 radical (unpaired) electrons. The molecule has 126 valence electrons. The zero-order chi connectivity index (χ0) is 17.5. The van der Waals surface area contributed by atoms with Crippen molar-refractivity contribution in [3.05, 3.63) is 35.2 Å². The zero-order valence-electron chi connectivity index (χ0n) is 12.9. The number of piperidine rings is 1. The lowest BCUT2D eigenvalue weighted by molar-refractivity contribution is -0.118. The van der Waals surface area contributed by atoms with Crippen LogP contribution in [0.25, 0.3) is 0 Å². The van der Waals surface area contributed by atoms with Crippen molar-refractivity contribution in [2.45, 2.75) is 25.7 Å². The zero-order valence-corrected chi connectivity index (χ0v) is 12.9. The van der Waals surface area contributed by atoms with E-state index in [0.29, 0.717) is 5.82 Å². The van der Waals surface area contributed by atoms with E-state index in [9.17, 15) is 23.2 Å². The average Bonchev–Trinajstić information content (AvgIpc) is 2.51. The van der Waals surface area contributed by atoms with E-state index in [0.717, 1.165) is 6.08 Å². The number of carbonyl (C=O) groups excluding carboxylic acids is 3. The summed E-state index contributed by atoms with van der Waals surface area (Å²) in [4.78, 5) is 41.4. The van der Waals surface area contributed by atoms with Crippen LogP contribution in [0, 0.1) is 0 Å². The molecule has 1 aliphatic carbocycles. The third-order valence-corrected chi connectivity index (χ3v) is 4.01. The van der Waals surface area contributed by atoms with Crippen molar-refractivity contribution in [1.29, 1.82) is 0 Å². The number of pyridine rings is 1. The monoisotopic (exact) mass is 335 g/mol. The molecule has 0 spiro atoms. The van der Waals surface area contributed by atoms with E-state index in [1.807, 2.05) is 0 Å². The number of Topliss-reactive ketones (excluding diaryl/α,β-unsaturated/α-hetero) is 1. The van der Waals surface area contributed by atoms with Gasteiger partial charge in [-0.15, -0.1) is 0 Å². The summed E-state index contributed by atoms with van der Waals surface area (Å²) in [6.45, 7) is 1.47. The Morgan fingerprint density at radius 2 is 1.92 bits per heavy atom. The maximum Gasteiger partial charge on any atom is 0.251 e. The summed E-state index contributed by atoms with van der Waals surface area (Å²) in [5.41, 5.74) is -0.0592. The van der Waals surface area contributed by atoms with Crippen LogP contribution < -0.4 is 10.2 Å². The average molecular weight is 335 g/mol. The summed E-state index contributed by atoms with van der Waals surface area (Å²) in [5.74, 6) is -3.78. The molecule has 1 N–H and O–H groups in total. The van der Waals surface area contributed by atoms with Crippen molar-refractivity contribution < 1.29 is 23.2 Å². The largest absolute Gasteiger partial charge is 0.356 e. The molecule has 1 aromatic rings. The molecule has 1 saturated heterocycles. The number of hydrogen-bond acceptors (Lipinski definition) is 5. The van der Waals surface area contributed by atoms with Crippen LogP contribution in [-0.4, -0.2) is 41.5 Å². The Hall–Kier alpha value is -2.64. The van der Waals surface area contributed by atoms with E-state index in [1.165, 1.54) is 13.0 Å². The van der Waals surface area contributed by atoms with Crippen LogP contribution in [0.3, 0.4) is 0 Å². The van der Waals surface area contributed by atoms with E-state index in [-0.39, 0.29) is 42.9 Å². The topological polar surface area (TPSA) is 79.4 Å². The number of rotatable bonds is 2. The molecule has 24 heavy (non-hydrogen) atoms. The van der Waals surface area contributed by atoms with Gasteiger partial charge in [0.25, 0.3) is 5.92 Å². The highest BCUT2D eigenvalue weighted by atomic mass is 19.3. The van der Waals surface area contributed by atoms with Crippen LogP contribution in [0.2, 0.25) is 0 Å². The minimum Gasteiger partial charge on any atom is -0.356 e. The number of anilines is 1. The van der Waals surface area contributed by atoms with E-state index in [1.54, 1.807) is 11.0 Å². The van der Waals surface area contributed by atoms with Gasteiger partial charge in [0.15, 0.2) is 5.78 Å². The van der Waals surface area contributed by atoms with Crippen LogP contribution in [-0.2, 0) is 4.79 Å². The maximum atomic E-state index is 13.3. The Labute approximate surface area is 136 Å². The molecule has 0 bridgehead atoms. The number of allylic oxidation sites excluding steroid dienone is 2. The SMILES string of the molecule is CC(=O)NC1=CC(=O)c2ccc(N3CCC(F)(F)CC3)nc2C1=O. The van der Waals surface area contributed by atoms with Crippen molar-refractivity contribution in [3.8, 4) is 0 Å². The molecule has 6 nitrogen and oxygen atoms in total. The Kier molecular flexibility index (Phi) is 3.90. The first-order chi connectivity index (χ1) is 11.3. The highest BCUT2D eigenvalue weighted by Gasteiger charge is 2.35. The summed E-state index contributed by atoms with van der Waals surface area (Å²) in [7, 11) is 0. The maximum absolute atomic E-state index is 13.3. The van der Waals surface area contributed by atoms with Gasteiger partial charge in [-0.1, -0.05) is 0 Å². The first-order valence-corrected chi connectivity index (χ1v) is 7.49. The summed E-state index contributed by atoms with van der Waals surface area (Å²) < 4.78 is 26.5. The third-order valence-electron chi connectivity index (χ3n) is 4.01. The number of hydrogen-bond donors (Lipinski definition) is 1. The number of aromatic nitrogens is 1. The lowest BCUT2D eigenvalue weighted by Gasteiger charge is -2.33. The number of nitrogens with zero attached hydrogens (tertiary/aromatic N) is 2. The highest BCUT2D eigenvalue weighted by Crippen LogP contribution is 2.30. The molecular weight excluding hydrogens is 320 g/mol. The number of ketones is 2. The van der Waals surface area contributed by atoms with Gasteiger partial charge in [0.1, 0.15) is 11.5 Å². The van der Waals surface area contributed by atoms with Gasteiger partial charge in [-0.3, -0.25) is 14.4 Å². The second-order valence-electron chi connectivity index (χ2n) is 5.84. The molecule has 8 heteroatoms. The van der Waals surface area contributed by atoms with E-state index in [2.05, 4.69) is 10.3 Å². The molecule has 0 aromatic carbocycles. The van der Waals surface area contributed by atoms with Crippen LogP contribution >= 0.6 is 0 Å². The predicted octanol–water partition coefficient (Wildman–Crippen LogP) is 1.72. The fourth-order valence-electron chi connectivity index (χ4n) is 2.74. The van der Waals surface area contributed by atoms with Gasteiger partial charge in [-0.2, -0.15) is 0 Å². The van der Waals surface area contributed by atoms with E-state index in [4.69, 9.17) is 0 Å². The van der Waals surface area contributed by atoms with Gasteiger partial charge in [-0.25, -0.2) is 13.8 Å². The van der Waals surface area contributed by atoms with Crippen molar-refractivity contribution in [3.63, 3.8) is 0 Å². The van der Waals surface area contributed by atoms with Crippen LogP contribution in [0.4, 0.5) is 14.6 Å². The second kappa shape index (κ2) is 5.77. The van der Waals surface area contributed by atoms with E-state index < -0.39 is 23.4 Å². The molecule has 1 fully saturated rings. The van der Waals surface area contributed by atoms with Crippen molar-refractivity contribution >= 4 is 23.3 Å². The van der Waals surface area contributed by atoms with Gasteiger partial charge in [0.2, 0.25) is 11.7 Å². The number of carbonyl (C=O) groups is 3. The number of halogens is 2. The Balaban J connectivity index is 1.89. The van der Waals surface area contributed by atoms with Gasteiger partial charge < -0.3 is 10.2 Å². The van der Waals surface area contributed by atoms with Crippen molar-refractivity contribution in [2.24, 2.45) is 0 Å². The summed E-state index contributed by atoms with van der Waals surface area (Å²) in [5, 5.41) is 2.31. The highest BCUT2D eigenvalue weighted by molar-refractivity contribution is 6.24. The van der Waals surface area contributed by atoms with Crippen LogP contribution in [0.1, 0.15) is 40.6 Å². The molecule has 0 atom stereocenters. The molecule has 1 aliphatic heterocycles. The van der Waals surface area contributed by atoms with Crippen LogP contribution in [0.5, 0.6) is 0 Å². The summed E-state index contributed by atoms with van der Waals surface area (Å²) in [6, 6.07) is 3.01. The molecule has 0 unspecified atom stereocenters. The number of amides is 1. The lowest BCUT2D eigenvalue weighted by atomic mass is 9.97. The molecule has 3 rings (SSSR count). The Morgan fingerprint density at radius 1 is 1.25 bits per heavy atom. The number of alkyl halides is 2. The van der Waals surface area contributed by atoms with Crippen molar-refractivity contribution in [2.75, 3.05) is 18.0 Å². The molecule has 2 heterocycles. The van der Waals surface area contributed by atoms with Gasteiger partial charge in [-0.05, 0) is 12.1 Å². The van der Waals surface area contributed by atoms with Crippen molar-refractivity contribution in [1.82, 2.24) is 10.3 Å². The normalized spacial score (nSPS) is 19.6. The number of nitrogens with one attached hydrogen (secondary N) is 1. The minimum absolute atomic E-state index is 0.0684. The summed E-state index contributed by atoms with van der Waals surface area (Å²) in [6.07, 6.45) is 0.500. The molecule has 1 aromatic heterocycles. The third kappa shape index (κ3) is 3.04. The van der Waals surface area contributed by atoms with E-state index >= 15 is 0 Å². The van der Waals surface area contributed by atoms with Gasteiger partial charge in [0.05, 0.1) is 11.3 Å². The quantitative estimate of drug-likeness (QED) is 0.890.